The molecule has 0 heterocycles. The molecule has 254 valence electrons. The molecule has 0 aliphatic heterocycles. The Morgan fingerprint density at radius 1 is 0.308 bits per heavy atom. The lowest BCUT2D eigenvalue weighted by Gasteiger charge is -2.34. The molecule has 52 heavy (non-hydrogen) atoms. The van der Waals surface area contributed by atoms with Gasteiger partial charge in [0.15, 0.2) is 0 Å². The monoisotopic (exact) mass is 706 g/mol. The minimum Gasteiger partial charge on any atom is -0.0887 e. The van der Waals surface area contributed by atoms with E-state index in [2.05, 4.69) is 198 Å². The summed E-state index contributed by atoms with van der Waals surface area (Å²) in [6, 6.07) is 63.7. The summed E-state index contributed by atoms with van der Waals surface area (Å²) in [4.78, 5) is 0. The Bertz CT molecular complexity index is 2390. The van der Waals surface area contributed by atoms with Crippen LogP contribution >= 0.6 is 13.8 Å². The standard InChI is InChI=1S/C50H44P2/c1-35-15-25-41(26-16-35)51(5,42-27-17-36(2)18-28-42)47-33-23-39-11-7-9-13-45(39)49(47)50-46-14-10-8-12-40(46)24-34-48(50)52(6,43-29-19-37(3)20-30-43)44-31-21-38(4)22-32-44/h7-34H,5-6H2,1-4H3. The van der Waals surface area contributed by atoms with Crippen molar-refractivity contribution >= 4 is 79.7 Å². The highest BCUT2D eigenvalue weighted by molar-refractivity contribution is 7.94. The highest BCUT2D eigenvalue weighted by atomic mass is 31.2. The van der Waals surface area contributed by atoms with Crippen LogP contribution in [0.3, 0.4) is 0 Å². The van der Waals surface area contributed by atoms with Gasteiger partial charge >= 0.3 is 0 Å². The van der Waals surface area contributed by atoms with Gasteiger partial charge in [0.05, 0.1) is 0 Å². The average molecular weight is 707 g/mol. The van der Waals surface area contributed by atoms with E-state index in [1.54, 1.807) is 0 Å². The smallest absolute Gasteiger partial charge is 0.000960 e. The zero-order valence-corrected chi connectivity index (χ0v) is 32.3. The minimum atomic E-state index is -2.44. The third-order valence-electron chi connectivity index (χ3n) is 10.8. The van der Waals surface area contributed by atoms with Crippen molar-refractivity contribution in [2.75, 3.05) is 0 Å². The molecule has 0 saturated carbocycles. The van der Waals surface area contributed by atoms with Gasteiger partial charge in [0, 0.05) is 0 Å². The van der Waals surface area contributed by atoms with Gasteiger partial charge in [-0.15, -0.1) is 0 Å². The fourth-order valence-corrected chi connectivity index (χ4v) is 14.0. The maximum atomic E-state index is 5.34. The zero-order chi connectivity index (χ0) is 36.0. The maximum Gasteiger partial charge on any atom is -0.000960 e. The van der Waals surface area contributed by atoms with Crippen LogP contribution in [0.5, 0.6) is 0 Å². The van der Waals surface area contributed by atoms with Gasteiger partial charge in [0.1, 0.15) is 0 Å². The van der Waals surface area contributed by atoms with E-state index in [9.17, 15) is 0 Å². The van der Waals surface area contributed by atoms with Crippen LogP contribution in [0.25, 0.3) is 32.7 Å². The molecule has 0 nitrogen and oxygen atoms in total. The average Bonchev–Trinajstić information content (AvgIpc) is 3.17. The van der Waals surface area contributed by atoms with E-state index in [-0.39, 0.29) is 0 Å². The predicted molar refractivity (Wildman–Crippen MR) is 237 cm³/mol. The molecule has 0 aliphatic carbocycles. The Labute approximate surface area is 309 Å². The van der Waals surface area contributed by atoms with E-state index in [0.29, 0.717) is 0 Å². The van der Waals surface area contributed by atoms with E-state index in [1.165, 1.54) is 86.8 Å². The first-order valence-corrected chi connectivity index (χ1v) is 21.9. The van der Waals surface area contributed by atoms with Crippen molar-refractivity contribution in [1.29, 1.82) is 0 Å². The second-order valence-electron chi connectivity index (χ2n) is 14.3. The molecule has 0 N–H and O–H groups in total. The van der Waals surface area contributed by atoms with Crippen molar-refractivity contribution in [1.82, 2.24) is 0 Å². The van der Waals surface area contributed by atoms with Gasteiger partial charge in [-0.1, -0.05) is 205 Å². The first-order chi connectivity index (χ1) is 25.2. The predicted octanol–water partition coefficient (Wildman–Crippen LogP) is 10.3. The Balaban J connectivity index is 1.58. The maximum absolute atomic E-state index is 5.34. The molecule has 0 saturated heterocycles. The molecule has 8 rings (SSSR count). The molecule has 0 amide bonds. The number of hydrogen-bond donors (Lipinski definition) is 0. The third kappa shape index (κ3) is 5.72. The lowest BCUT2D eigenvalue weighted by Crippen LogP contribution is -2.30. The van der Waals surface area contributed by atoms with Crippen LogP contribution in [0.15, 0.2) is 170 Å². The Hall–Kier alpha value is -5.12. The normalized spacial score (nSPS) is 12.0. The molecular weight excluding hydrogens is 662 g/mol. The molecule has 0 radical (unpaired) electrons. The summed E-state index contributed by atoms with van der Waals surface area (Å²) in [5, 5.41) is 12.6. The van der Waals surface area contributed by atoms with Gasteiger partial charge < -0.3 is 0 Å². The summed E-state index contributed by atoms with van der Waals surface area (Å²) in [5.41, 5.74) is 7.52. The summed E-state index contributed by atoms with van der Waals surface area (Å²) in [6.45, 7) is 3.77. The van der Waals surface area contributed by atoms with Crippen LogP contribution in [-0.4, -0.2) is 12.6 Å². The number of benzene rings is 8. The van der Waals surface area contributed by atoms with Crippen LogP contribution in [-0.2, 0) is 0 Å². The van der Waals surface area contributed by atoms with Gasteiger partial charge in [-0.25, -0.2) is 0 Å². The van der Waals surface area contributed by atoms with Crippen molar-refractivity contribution in [2.45, 2.75) is 27.7 Å². The van der Waals surface area contributed by atoms with Gasteiger partial charge in [-0.3, -0.25) is 0 Å². The van der Waals surface area contributed by atoms with E-state index in [4.69, 9.17) is 12.6 Å². The van der Waals surface area contributed by atoms with E-state index >= 15 is 0 Å². The van der Waals surface area contributed by atoms with Crippen LogP contribution in [0.4, 0.5) is 0 Å². The Morgan fingerprint density at radius 3 is 0.865 bits per heavy atom. The number of aryl methyl sites for hydroxylation is 4. The zero-order valence-electron chi connectivity index (χ0n) is 30.5. The largest absolute Gasteiger partial charge is 0.0887 e. The lowest BCUT2D eigenvalue weighted by molar-refractivity contribution is 1.48. The van der Waals surface area contributed by atoms with E-state index < -0.39 is 13.8 Å². The molecule has 0 aliphatic rings. The second-order valence-corrected chi connectivity index (χ2v) is 20.6. The molecule has 0 unspecified atom stereocenters. The van der Waals surface area contributed by atoms with Crippen LogP contribution in [0, 0.1) is 27.7 Å². The molecule has 8 aromatic carbocycles. The molecular formula is C50H44P2. The number of fused-ring (bicyclic) bond motifs is 2. The number of rotatable bonds is 7. The van der Waals surface area contributed by atoms with Crippen molar-refractivity contribution in [3.05, 3.63) is 192 Å². The first-order valence-electron chi connectivity index (χ1n) is 18.0. The molecule has 2 heteroatoms. The van der Waals surface area contributed by atoms with Gasteiger partial charge in [-0.2, -0.15) is 0 Å². The van der Waals surface area contributed by atoms with Crippen LogP contribution in [0.1, 0.15) is 22.3 Å². The van der Waals surface area contributed by atoms with Gasteiger partial charge in [0.25, 0.3) is 0 Å². The lowest BCUT2D eigenvalue weighted by atomic mass is 9.93. The SMILES string of the molecule is C=P(c1ccc(C)cc1)(c1ccc(C)cc1)c1ccc2ccccc2c1-c1c(P(=C)(c2ccc(C)cc2)c2ccc(C)cc2)ccc2ccccc12. The summed E-state index contributed by atoms with van der Waals surface area (Å²) >= 11 is 0. The fraction of sp³-hybridized carbons (Fsp3) is 0.0800. The van der Waals surface area contributed by atoms with Crippen molar-refractivity contribution in [2.24, 2.45) is 0 Å². The molecule has 0 bridgehead atoms. The second kappa shape index (κ2) is 13.5. The quantitative estimate of drug-likeness (QED) is 0.145. The molecule has 0 atom stereocenters. The fourth-order valence-electron chi connectivity index (χ4n) is 7.73. The van der Waals surface area contributed by atoms with Crippen molar-refractivity contribution < 1.29 is 0 Å². The topological polar surface area (TPSA) is 0 Å². The summed E-state index contributed by atoms with van der Waals surface area (Å²) in [6.07, 6.45) is 10.7. The van der Waals surface area contributed by atoms with Crippen LogP contribution < -0.4 is 31.8 Å². The molecule has 0 fully saturated rings. The van der Waals surface area contributed by atoms with E-state index in [0.717, 1.165) is 0 Å². The van der Waals surface area contributed by atoms with Crippen molar-refractivity contribution in [3.8, 4) is 11.1 Å². The Kier molecular flexibility index (Phi) is 8.79. The molecule has 8 aromatic rings. The molecule has 0 aromatic heterocycles. The van der Waals surface area contributed by atoms with E-state index in [1.807, 2.05) is 0 Å². The van der Waals surface area contributed by atoms with Gasteiger partial charge in [-0.05, 0) is 106 Å². The molecule has 0 spiro atoms. The summed E-state index contributed by atoms with van der Waals surface area (Å²) in [7, 11) is 0. The summed E-state index contributed by atoms with van der Waals surface area (Å²) < 4.78 is 0. The van der Waals surface area contributed by atoms with Gasteiger partial charge in [0.2, 0.25) is 0 Å². The summed E-state index contributed by atoms with van der Waals surface area (Å²) in [5.74, 6) is 0. The minimum absolute atomic E-state index is 1.22. The highest BCUT2D eigenvalue weighted by Gasteiger charge is 2.32. The third-order valence-corrected chi connectivity index (χ3v) is 17.9. The number of hydrogen-bond acceptors (Lipinski definition) is 0. The Morgan fingerprint density at radius 2 is 0.577 bits per heavy atom. The highest BCUT2D eigenvalue weighted by Crippen LogP contribution is 2.51. The van der Waals surface area contributed by atoms with Crippen LogP contribution in [0.2, 0.25) is 0 Å². The first kappa shape index (κ1) is 34.0. The van der Waals surface area contributed by atoms with Crippen molar-refractivity contribution in [3.63, 3.8) is 0 Å².